The summed E-state index contributed by atoms with van der Waals surface area (Å²) < 4.78 is 43.6. The minimum absolute atomic E-state index is 0.0155. The van der Waals surface area contributed by atoms with Gasteiger partial charge in [0.15, 0.2) is 0 Å². The van der Waals surface area contributed by atoms with Gasteiger partial charge in [0.25, 0.3) is 0 Å². The third-order valence-electron chi connectivity index (χ3n) is 4.85. The summed E-state index contributed by atoms with van der Waals surface area (Å²) in [6.45, 7) is 2.03. The first-order valence-electron chi connectivity index (χ1n) is 8.36. The van der Waals surface area contributed by atoms with Crippen molar-refractivity contribution >= 4 is 15.9 Å². The summed E-state index contributed by atoms with van der Waals surface area (Å²) in [5.41, 5.74) is 0.517. The minimum Gasteiger partial charge on any atom is -0.371 e. The number of nitrogens with one attached hydrogen (secondary N) is 1. The smallest absolute Gasteiger partial charge is 0.227 e. The molecule has 2 aliphatic rings. The Labute approximate surface area is 147 Å². The third kappa shape index (κ3) is 4.77. The highest BCUT2D eigenvalue weighted by Gasteiger charge is 2.48. The summed E-state index contributed by atoms with van der Waals surface area (Å²) in [4.78, 5) is 14.0. The van der Waals surface area contributed by atoms with Crippen molar-refractivity contribution in [2.45, 2.75) is 24.9 Å². The van der Waals surface area contributed by atoms with E-state index in [1.807, 2.05) is 0 Å². The zero-order valence-electron chi connectivity index (χ0n) is 14.2. The maximum absolute atomic E-state index is 12.9. The van der Waals surface area contributed by atoms with Crippen LogP contribution in [0.25, 0.3) is 0 Å². The molecule has 2 aliphatic heterocycles. The van der Waals surface area contributed by atoms with Gasteiger partial charge in [-0.3, -0.25) is 4.79 Å². The van der Waals surface area contributed by atoms with Crippen LogP contribution in [0.15, 0.2) is 24.3 Å². The van der Waals surface area contributed by atoms with Gasteiger partial charge in [-0.05, 0) is 36.5 Å². The van der Waals surface area contributed by atoms with Crippen LogP contribution in [0.4, 0.5) is 4.39 Å². The fraction of sp³-hybridized carbons (Fsp3) is 0.588. The molecule has 6 nitrogen and oxygen atoms in total. The van der Waals surface area contributed by atoms with Crippen LogP contribution in [0, 0.1) is 11.7 Å². The van der Waals surface area contributed by atoms with Crippen molar-refractivity contribution in [2.75, 3.05) is 32.5 Å². The molecule has 3 rings (SSSR count). The molecule has 0 aromatic heterocycles. The van der Waals surface area contributed by atoms with E-state index in [4.69, 9.17) is 4.74 Å². The van der Waals surface area contributed by atoms with Crippen molar-refractivity contribution in [3.8, 4) is 0 Å². The molecule has 2 heterocycles. The highest BCUT2D eigenvalue weighted by Crippen LogP contribution is 2.36. The maximum atomic E-state index is 12.9. The van der Waals surface area contributed by atoms with E-state index in [0.29, 0.717) is 26.2 Å². The SMILES string of the molecule is CS(=O)(=O)NC[C@@H]1CCC2(CN(C(=O)Cc3ccc(F)cc3)C2)OC1. The Balaban J connectivity index is 1.43. The molecule has 0 radical (unpaired) electrons. The second-order valence-electron chi connectivity index (χ2n) is 7.07. The first kappa shape index (κ1) is 18.3. The summed E-state index contributed by atoms with van der Waals surface area (Å²) in [5, 5.41) is 0. The Morgan fingerprint density at radius 3 is 2.60 bits per heavy atom. The molecule has 2 fully saturated rings. The fourth-order valence-electron chi connectivity index (χ4n) is 3.31. The number of hydrogen-bond acceptors (Lipinski definition) is 4. The molecule has 0 unspecified atom stereocenters. The molecule has 1 aromatic rings. The van der Waals surface area contributed by atoms with Crippen LogP contribution in [-0.4, -0.2) is 57.3 Å². The van der Waals surface area contributed by atoms with Crippen molar-refractivity contribution in [1.29, 1.82) is 0 Å². The number of nitrogens with zero attached hydrogens (tertiary/aromatic N) is 1. The van der Waals surface area contributed by atoms with E-state index < -0.39 is 10.0 Å². The van der Waals surface area contributed by atoms with Gasteiger partial charge in [-0.2, -0.15) is 0 Å². The first-order chi connectivity index (χ1) is 11.7. The van der Waals surface area contributed by atoms with Crippen LogP contribution in [0.2, 0.25) is 0 Å². The van der Waals surface area contributed by atoms with Crippen molar-refractivity contribution in [2.24, 2.45) is 5.92 Å². The lowest BCUT2D eigenvalue weighted by atomic mass is 9.82. The molecule has 1 N–H and O–H groups in total. The lowest BCUT2D eigenvalue weighted by Gasteiger charge is -2.52. The molecule has 138 valence electrons. The normalized spacial score (nSPS) is 22.6. The van der Waals surface area contributed by atoms with Gasteiger partial charge < -0.3 is 9.64 Å². The fourth-order valence-corrected chi connectivity index (χ4v) is 3.85. The van der Waals surface area contributed by atoms with Crippen molar-refractivity contribution in [3.63, 3.8) is 0 Å². The topological polar surface area (TPSA) is 75.7 Å². The molecule has 1 spiro atoms. The van der Waals surface area contributed by atoms with Crippen molar-refractivity contribution in [1.82, 2.24) is 9.62 Å². The quantitative estimate of drug-likeness (QED) is 0.837. The van der Waals surface area contributed by atoms with Gasteiger partial charge in [0.1, 0.15) is 11.4 Å². The van der Waals surface area contributed by atoms with Gasteiger partial charge in [-0.25, -0.2) is 17.5 Å². The predicted octanol–water partition coefficient (Wildman–Crippen LogP) is 0.925. The highest BCUT2D eigenvalue weighted by atomic mass is 32.2. The van der Waals surface area contributed by atoms with Gasteiger partial charge in [0.2, 0.25) is 15.9 Å². The zero-order chi connectivity index (χ0) is 18.1. The molecule has 25 heavy (non-hydrogen) atoms. The molecular formula is C17H23FN2O4S. The number of ether oxygens (including phenoxy) is 1. The molecular weight excluding hydrogens is 347 g/mol. The Morgan fingerprint density at radius 1 is 1.36 bits per heavy atom. The number of hydrogen-bond donors (Lipinski definition) is 1. The van der Waals surface area contributed by atoms with E-state index in [-0.39, 0.29) is 29.7 Å². The van der Waals surface area contributed by atoms with Crippen LogP contribution in [0.5, 0.6) is 0 Å². The molecule has 1 amide bonds. The van der Waals surface area contributed by atoms with Gasteiger partial charge in [0, 0.05) is 6.54 Å². The number of halogens is 1. The standard InChI is InChI=1S/C17H23FN2O4S/c1-25(22,23)19-9-14-6-7-17(24-10-14)11-20(12-17)16(21)8-13-2-4-15(18)5-3-13/h2-5,14,19H,6-12H2,1H3/t14-/m0/s1. The number of benzene rings is 1. The Kier molecular flexibility index (Phi) is 5.13. The molecule has 1 aromatic carbocycles. The second-order valence-corrected chi connectivity index (χ2v) is 8.91. The van der Waals surface area contributed by atoms with Crippen LogP contribution < -0.4 is 4.72 Å². The summed E-state index contributed by atoms with van der Waals surface area (Å²) in [5.74, 6) is -0.124. The predicted molar refractivity (Wildman–Crippen MR) is 90.9 cm³/mol. The average Bonchev–Trinajstić information content (AvgIpc) is 2.52. The van der Waals surface area contributed by atoms with E-state index in [1.54, 1.807) is 17.0 Å². The molecule has 8 heteroatoms. The summed E-state index contributed by atoms with van der Waals surface area (Å²) in [6.07, 6.45) is 3.11. The Bertz CT molecular complexity index is 720. The maximum Gasteiger partial charge on any atom is 0.227 e. The van der Waals surface area contributed by atoms with Gasteiger partial charge in [-0.1, -0.05) is 12.1 Å². The first-order valence-corrected chi connectivity index (χ1v) is 10.2. The van der Waals surface area contributed by atoms with Crippen LogP contribution in [0.3, 0.4) is 0 Å². The van der Waals surface area contributed by atoms with Gasteiger partial charge in [0.05, 0.1) is 32.4 Å². The molecule has 0 bridgehead atoms. The summed E-state index contributed by atoms with van der Waals surface area (Å²) in [7, 11) is -3.18. The zero-order valence-corrected chi connectivity index (χ0v) is 15.0. The van der Waals surface area contributed by atoms with E-state index in [1.165, 1.54) is 12.1 Å². The summed E-state index contributed by atoms with van der Waals surface area (Å²) in [6, 6.07) is 5.96. The highest BCUT2D eigenvalue weighted by molar-refractivity contribution is 7.88. The van der Waals surface area contributed by atoms with E-state index in [2.05, 4.69) is 4.72 Å². The van der Waals surface area contributed by atoms with E-state index in [0.717, 1.165) is 24.7 Å². The second kappa shape index (κ2) is 7.01. The molecule has 1 atom stereocenters. The van der Waals surface area contributed by atoms with E-state index >= 15 is 0 Å². The van der Waals surface area contributed by atoms with Crippen molar-refractivity contribution in [3.05, 3.63) is 35.6 Å². The van der Waals surface area contributed by atoms with Crippen LogP contribution in [-0.2, 0) is 26.0 Å². The monoisotopic (exact) mass is 370 g/mol. The molecule has 0 aliphatic carbocycles. The largest absolute Gasteiger partial charge is 0.371 e. The summed E-state index contributed by atoms with van der Waals surface area (Å²) >= 11 is 0. The number of carbonyl (C=O) groups is 1. The Morgan fingerprint density at radius 2 is 2.04 bits per heavy atom. The number of rotatable bonds is 5. The van der Waals surface area contributed by atoms with Gasteiger partial charge in [-0.15, -0.1) is 0 Å². The molecule has 2 saturated heterocycles. The minimum atomic E-state index is -3.18. The lowest BCUT2D eigenvalue weighted by molar-refractivity contribution is -0.187. The number of sulfonamides is 1. The Hall–Kier alpha value is -1.51. The number of likely N-dealkylation sites (tertiary alicyclic amines) is 1. The average molecular weight is 370 g/mol. The third-order valence-corrected chi connectivity index (χ3v) is 5.54. The van der Waals surface area contributed by atoms with Crippen LogP contribution >= 0.6 is 0 Å². The number of amides is 1. The van der Waals surface area contributed by atoms with Gasteiger partial charge >= 0.3 is 0 Å². The van der Waals surface area contributed by atoms with Crippen molar-refractivity contribution < 1.29 is 22.3 Å². The van der Waals surface area contributed by atoms with Crippen LogP contribution in [0.1, 0.15) is 18.4 Å². The number of carbonyl (C=O) groups excluding carboxylic acids is 1. The molecule has 0 saturated carbocycles. The lowest BCUT2D eigenvalue weighted by Crippen LogP contribution is -2.66. The van der Waals surface area contributed by atoms with E-state index in [9.17, 15) is 17.6 Å².